The quantitative estimate of drug-likeness (QED) is 0.844. The summed E-state index contributed by atoms with van der Waals surface area (Å²) in [5, 5.41) is 3.41. The van der Waals surface area contributed by atoms with Crippen molar-refractivity contribution in [3.8, 4) is 5.75 Å². The summed E-state index contributed by atoms with van der Waals surface area (Å²) in [4.78, 5) is 0. The monoisotopic (exact) mass is 219 g/mol. The van der Waals surface area contributed by atoms with Crippen LogP contribution >= 0.6 is 0 Å². The fraction of sp³-hybridized carbons (Fsp3) is 0.571. The van der Waals surface area contributed by atoms with Crippen molar-refractivity contribution in [2.24, 2.45) is 0 Å². The van der Waals surface area contributed by atoms with Crippen LogP contribution in [0.15, 0.2) is 18.2 Å². The lowest BCUT2D eigenvalue weighted by molar-refractivity contribution is 0.387. The average molecular weight is 219 g/mol. The Morgan fingerprint density at radius 2 is 2.06 bits per heavy atom. The van der Waals surface area contributed by atoms with E-state index >= 15 is 0 Å². The van der Waals surface area contributed by atoms with E-state index in [1.807, 2.05) is 0 Å². The fourth-order valence-corrected chi connectivity index (χ4v) is 2.59. The Bertz CT molecular complexity index is 343. The van der Waals surface area contributed by atoms with Gasteiger partial charge in [0.15, 0.2) is 0 Å². The van der Waals surface area contributed by atoms with Gasteiger partial charge in [0.05, 0.1) is 7.11 Å². The van der Waals surface area contributed by atoms with Gasteiger partial charge in [-0.2, -0.15) is 0 Å². The molecule has 0 saturated carbocycles. The molecule has 0 aromatic heterocycles. The van der Waals surface area contributed by atoms with E-state index in [4.69, 9.17) is 4.74 Å². The molecule has 0 amide bonds. The van der Waals surface area contributed by atoms with Crippen molar-refractivity contribution in [2.75, 3.05) is 20.2 Å². The van der Waals surface area contributed by atoms with Crippen LogP contribution in [0.5, 0.6) is 5.75 Å². The van der Waals surface area contributed by atoms with Gasteiger partial charge in [-0.3, -0.25) is 0 Å². The number of hydrogen-bond donors (Lipinski definition) is 1. The van der Waals surface area contributed by atoms with Gasteiger partial charge < -0.3 is 10.1 Å². The van der Waals surface area contributed by atoms with Gasteiger partial charge in [-0.25, -0.2) is 0 Å². The summed E-state index contributed by atoms with van der Waals surface area (Å²) in [6.45, 7) is 4.44. The zero-order valence-corrected chi connectivity index (χ0v) is 10.3. The normalized spacial score (nSPS) is 17.4. The van der Waals surface area contributed by atoms with E-state index in [2.05, 4.69) is 30.4 Å². The highest BCUT2D eigenvalue weighted by Gasteiger charge is 2.19. The molecular weight excluding hydrogens is 198 g/mol. The molecule has 1 aromatic rings. The van der Waals surface area contributed by atoms with Crippen LogP contribution in [0.3, 0.4) is 0 Å². The minimum Gasteiger partial charge on any atom is -0.496 e. The molecule has 1 aliphatic heterocycles. The van der Waals surface area contributed by atoms with E-state index in [9.17, 15) is 0 Å². The molecule has 2 heteroatoms. The number of rotatable bonds is 3. The van der Waals surface area contributed by atoms with E-state index in [1.54, 1.807) is 7.11 Å². The molecule has 1 fully saturated rings. The Hall–Kier alpha value is -1.02. The van der Waals surface area contributed by atoms with Crippen molar-refractivity contribution in [3.63, 3.8) is 0 Å². The first-order chi connectivity index (χ1) is 7.86. The summed E-state index contributed by atoms with van der Waals surface area (Å²) in [5.41, 5.74) is 2.74. The van der Waals surface area contributed by atoms with Crippen molar-refractivity contribution in [1.29, 1.82) is 0 Å². The lowest BCUT2D eigenvalue weighted by Crippen LogP contribution is -2.26. The Morgan fingerprint density at radius 1 is 1.31 bits per heavy atom. The van der Waals surface area contributed by atoms with Crippen LogP contribution in [0.2, 0.25) is 0 Å². The standard InChI is InChI=1S/C14H21NO/c1-3-11-5-4-6-13(14(11)16-2)12-7-9-15-10-8-12/h4-6,12,15H,3,7-10H2,1-2H3. The Kier molecular flexibility index (Phi) is 3.83. The van der Waals surface area contributed by atoms with E-state index in [0.717, 1.165) is 25.3 Å². The van der Waals surface area contributed by atoms with E-state index in [1.165, 1.54) is 24.0 Å². The van der Waals surface area contributed by atoms with Crippen molar-refractivity contribution >= 4 is 0 Å². The molecule has 1 saturated heterocycles. The van der Waals surface area contributed by atoms with Gasteiger partial charge in [-0.1, -0.05) is 25.1 Å². The molecule has 0 radical (unpaired) electrons. The second-order valence-electron chi connectivity index (χ2n) is 4.42. The largest absolute Gasteiger partial charge is 0.496 e. The zero-order valence-electron chi connectivity index (χ0n) is 10.3. The Labute approximate surface area is 98.0 Å². The van der Waals surface area contributed by atoms with Gasteiger partial charge in [-0.15, -0.1) is 0 Å². The third-order valence-electron chi connectivity index (χ3n) is 3.49. The predicted octanol–water partition coefficient (Wildman–Crippen LogP) is 2.72. The molecular formula is C14H21NO. The van der Waals surface area contributed by atoms with Crippen molar-refractivity contribution in [1.82, 2.24) is 5.32 Å². The summed E-state index contributed by atoms with van der Waals surface area (Å²) in [7, 11) is 1.79. The number of piperidine rings is 1. The lowest BCUT2D eigenvalue weighted by Gasteiger charge is -2.25. The average Bonchev–Trinajstić information content (AvgIpc) is 2.38. The molecule has 1 aromatic carbocycles. The number of aryl methyl sites for hydroxylation is 1. The summed E-state index contributed by atoms with van der Waals surface area (Å²) >= 11 is 0. The minimum absolute atomic E-state index is 0.669. The molecule has 2 nitrogen and oxygen atoms in total. The third-order valence-corrected chi connectivity index (χ3v) is 3.49. The number of nitrogens with one attached hydrogen (secondary N) is 1. The Balaban J connectivity index is 2.30. The minimum atomic E-state index is 0.669. The molecule has 1 N–H and O–H groups in total. The van der Waals surface area contributed by atoms with Crippen LogP contribution in [-0.4, -0.2) is 20.2 Å². The van der Waals surface area contributed by atoms with Gasteiger partial charge in [-0.05, 0) is 49.4 Å². The maximum Gasteiger partial charge on any atom is 0.125 e. The van der Waals surface area contributed by atoms with Crippen LogP contribution in [-0.2, 0) is 6.42 Å². The predicted molar refractivity (Wildman–Crippen MR) is 67.2 cm³/mol. The number of benzene rings is 1. The highest BCUT2D eigenvalue weighted by atomic mass is 16.5. The molecule has 88 valence electrons. The first-order valence-electron chi connectivity index (χ1n) is 6.23. The first kappa shape index (κ1) is 11.5. The van der Waals surface area contributed by atoms with Crippen LogP contribution in [0.1, 0.15) is 36.8 Å². The number of ether oxygens (including phenoxy) is 1. The van der Waals surface area contributed by atoms with Crippen LogP contribution in [0.4, 0.5) is 0 Å². The van der Waals surface area contributed by atoms with Crippen LogP contribution < -0.4 is 10.1 Å². The number of para-hydroxylation sites is 1. The highest BCUT2D eigenvalue weighted by Crippen LogP contribution is 2.35. The molecule has 0 unspecified atom stereocenters. The van der Waals surface area contributed by atoms with Gasteiger partial charge >= 0.3 is 0 Å². The summed E-state index contributed by atoms with van der Waals surface area (Å²) in [6.07, 6.45) is 3.50. The number of hydrogen-bond acceptors (Lipinski definition) is 2. The lowest BCUT2D eigenvalue weighted by atomic mass is 9.88. The molecule has 2 rings (SSSR count). The summed E-state index contributed by atoms with van der Waals surface area (Å²) in [5.74, 6) is 1.79. The van der Waals surface area contributed by atoms with Crippen LogP contribution in [0, 0.1) is 0 Å². The third kappa shape index (κ3) is 2.22. The maximum absolute atomic E-state index is 5.60. The maximum atomic E-state index is 5.60. The highest BCUT2D eigenvalue weighted by molar-refractivity contribution is 5.43. The topological polar surface area (TPSA) is 21.3 Å². The fourth-order valence-electron chi connectivity index (χ4n) is 2.59. The van der Waals surface area contributed by atoms with Crippen molar-refractivity contribution < 1.29 is 4.74 Å². The molecule has 0 atom stereocenters. The van der Waals surface area contributed by atoms with E-state index < -0.39 is 0 Å². The molecule has 0 spiro atoms. The van der Waals surface area contributed by atoms with Gasteiger partial charge in [0.1, 0.15) is 5.75 Å². The van der Waals surface area contributed by atoms with E-state index in [0.29, 0.717) is 5.92 Å². The smallest absolute Gasteiger partial charge is 0.125 e. The van der Waals surface area contributed by atoms with Crippen molar-refractivity contribution in [3.05, 3.63) is 29.3 Å². The van der Waals surface area contributed by atoms with Gasteiger partial charge in [0.2, 0.25) is 0 Å². The number of methoxy groups -OCH3 is 1. The SMILES string of the molecule is CCc1cccc(C2CCNCC2)c1OC. The first-order valence-corrected chi connectivity index (χ1v) is 6.23. The second-order valence-corrected chi connectivity index (χ2v) is 4.42. The van der Waals surface area contributed by atoms with Crippen molar-refractivity contribution in [2.45, 2.75) is 32.1 Å². The van der Waals surface area contributed by atoms with Crippen LogP contribution in [0.25, 0.3) is 0 Å². The summed E-state index contributed by atoms with van der Waals surface area (Å²) in [6, 6.07) is 6.57. The van der Waals surface area contributed by atoms with Gasteiger partial charge in [0, 0.05) is 0 Å². The van der Waals surface area contributed by atoms with E-state index in [-0.39, 0.29) is 0 Å². The Morgan fingerprint density at radius 3 is 2.69 bits per heavy atom. The second kappa shape index (κ2) is 5.35. The molecule has 16 heavy (non-hydrogen) atoms. The zero-order chi connectivity index (χ0) is 11.4. The molecule has 0 bridgehead atoms. The molecule has 1 aliphatic rings. The summed E-state index contributed by atoms with van der Waals surface area (Å²) < 4.78 is 5.60. The molecule has 1 heterocycles. The van der Waals surface area contributed by atoms with Gasteiger partial charge in [0.25, 0.3) is 0 Å². The molecule has 0 aliphatic carbocycles.